The molecule has 0 saturated heterocycles. The zero-order valence-electron chi connectivity index (χ0n) is 12.3. The number of benzene rings is 1. The molecule has 1 amide bonds. The van der Waals surface area contributed by atoms with E-state index in [0.717, 1.165) is 0 Å². The van der Waals surface area contributed by atoms with E-state index < -0.39 is 5.82 Å². The van der Waals surface area contributed by atoms with E-state index in [0.29, 0.717) is 17.0 Å². The highest BCUT2D eigenvalue weighted by Gasteiger charge is 2.13. The Labute approximate surface area is 131 Å². The van der Waals surface area contributed by atoms with Crippen molar-refractivity contribution >= 4 is 5.91 Å². The highest BCUT2D eigenvalue weighted by Crippen LogP contribution is 2.19. The molecule has 0 aliphatic rings. The van der Waals surface area contributed by atoms with Gasteiger partial charge < -0.3 is 14.5 Å². The highest BCUT2D eigenvalue weighted by molar-refractivity contribution is 5.93. The Bertz CT molecular complexity index is 812. The van der Waals surface area contributed by atoms with Crippen LogP contribution in [0.2, 0.25) is 0 Å². The summed E-state index contributed by atoms with van der Waals surface area (Å²) in [6, 6.07) is 9.60. The summed E-state index contributed by atoms with van der Waals surface area (Å²) in [6.07, 6.45) is 1.54. The van der Waals surface area contributed by atoms with Crippen molar-refractivity contribution in [1.82, 2.24) is 15.5 Å². The van der Waals surface area contributed by atoms with Crippen molar-refractivity contribution in [3.8, 4) is 17.2 Å². The van der Waals surface area contributed by atoms with Crippen molar-refractivity contribution in [3.05, 3.63) is 59.7 Å². The molecule has 6 nitrogen and oxygen atoms in total. The second kappa shape index (κ2) is 6.35. The molecule has 118 valence electrons. The third-order valence-corrected chi connectivity index (χ3v) is 3.27. The summed E-state index contributed by atoms with van der Waals surface area (Å²) in [6.45, 7) is 0.183. The average molecular weight is 315 g/mol. The van der Waals surface area contributed by atoms with E-state index in [1.165, 1.54) is 25.5 Å². The van der Waals surface area contributed by atoms with E-state index in [1.807, 2.05) is 0 Å². The third-order valence-electron chi connectivity index (χ3n) is 3.27. The molecule has 2 heterocycles. The molecule has 0 radical (unpaired) electrons. The number of carbonyl (C=O) groups excluding carboxylic acids is 1. The lowest BCUT2D eigenvalue weighted by Gasteiger charge is -2.06. The maximum Gasteiger partial charge on any atom is 0.272 e. The first-order valence-electron chi connectivity index (χ1n) is 6.87. The van der Waals surface area contributed by atoms with Crippen LogP contribution in [0.1, 0.15) is 16.1 Å². The topological polar surface area (TPSA) is 80.1 Å². The molecule has 2 N–H and O–H groups in total. The molecule has 0 aliphatic heterocycles. The van der Waals surface area contributed by atoms with Crippen molar-refractivity contribution in [1.29, 1.82) is 0 Å². The summed E-state index contributed by atoms with van der Waals surface area (Å²) < 4.78 is 23.7. The molecule has 3 rings (SSSR count). The standard InChI is InChI=1S/C16H14FN3O3/c1-22-14-5-4-10(7-11(14)17)9-18-16(21)13-8-12(19-20-13)15-3-2-6-23-15/h2-8H,9H2,1H3,(H,18,21)(H,19,20). The average Bonchev–Trinajstić information content (AvgIpc) is 3.23. The Morgan fingerprint density at radius 1 is 1.39 bits per heavy atom. The Hall–Kier alpha value is -3.09. The van der Waals surface area contributed by atoms with Gasteiger partial charge >= 0.3 is 0 Å². The van der Waals surface area contributed by atoms with Gasteiger partial charge in [-0.2, -0.15) is 5.10 Å². The molecule has 23 heavy (non-hydrogen) atoms. The Morgan fingerprint density at radius 2 is 2.26 bits per heavy atom. The first-order chi connectivity index (χ1) is 11.2. The van der Waals surface area contributed by atoms with Gasteiger partial charge in [-0.15, -0.1) is 0 Å². The van der Waals surface area contributed by atoms with Crippen LogP contribution in [0.15, 0.2) is 47.1 Å². The monoisotopic (exact) mass is 315 g/mol. The minimum absolute atomic E-state index is 0.162. The van der Waals surface area contributed by atoms with E-state index in [1.54, 1.807) is 24.3 Å². The van der Waals surface area contributed by atoms with Gasteiger partial charge in [0.25, 0.3) is 5.91 Å². The number of ether oxygens (including phenoxy) is 1. The number of methoxy groups -OCH3 is 1. The van der Waals surface area contributed by atoms with Crippen molar-refractivity contribution in [3.63, 3.8) is 0 Å². The van der Waals surface area contributed by atoms with E-state index in [2.05, 4.69) is 15.5 Å². The summed E-state index contributed by atoms with van der Waals surface area (Å²) in [4.78, 5) is 12.1. The number of furan rings is 1. The van der Waals surface area contributed by atoms with Crippen molar-refractivity contribution < 1.29 is 18.3 Å². The van der Waals surface area contributed by atoms with Crippen LogP contribution in [-0.2, 0) is 6.54 Å². The second-order valence-electron chi connectivity index (χ2n) is 4.80. The summed E-state index contributed by atoms with van der Waals surface area (Å²) in [5.41, 5.74) is 1.46. The number of hydrogen-bond donors (Lipinski definition) is 2. The van der Waals surface area contributed by atoms with Gasteiger partial charge in [0.05, 0.1) is 13.4 Å². The molecule has 3 aromatic rings. The zero-order valence-corrected chi connectivity index (χ0v) is 12.3. The Morgan fingerprint density at radius 3 is 2.96 bits per heavy atom. The SMILES string of the molecule is COc1ccc(CNC(=O)c2cc(-c3ccco3)[nH]n2)cc1F. The van der Waals surface area contributed by atoms with Gasteiger partial charge in [0.1, 0.15) is 5.69 Å². The fourth-order valence-electron chi connectivity index (χ4n) is 2.09. The van der Waals surface area contributed by atoms with E-state index in [4.69, 9.17) is 9.15 Å². The molecule has 0 spiro atoms. The predicted octanol–water partition coefficient (Wildman–Crippen LogP) is 2.75. The first kappa shape index (κ1) is 14.8. The molecule has 1 aromatic carbocycles. The number of H-pyrrole nitrogens is 1. The fraction of sp³-hybridized carbons (Fsp3) is 0.125. The van der Waals surface area contributed by atoms with E-state index in [-0.39, 0.29) is 23.9 Å². The van der Waals surface area contributed by atoms with Gasteiger partial charge in [-0.1, -0.05) is 6.07 Å². The Kier molecular flexibility index (Phi) is 4.09. The van der Waals surface area contributed by atoms with Gasteiger partial charge in [0.2, 0.25) is 0 Å². The first-order valence-corrected chi connectivity index (χ1v) is 6.87. The van der Waals surface area contributed by atoms with Gasteiger partial charge in [-0.05, 0) is 29.8 Å². The van der Waals surface area contributed by atoms with Gasteiger partial charge in [0, 0.05) is 12.6 Å². The number of aromatic amines is 1. The summed E-state index contributed by atoms with van der Waals surface area (Å²) in [5.74, 6) is -0.0846. The molecule has 0 saturated carbocycles. The normalized spacial score (nSPS) is 10.5. The summed E-state index contributed by atoms with van der Waals surface area (Å²) >= 11 is 0. The molecular weight excluding hydrogens is 301 g/mol. The van der Waals surface area contributed by atoms with Gasteiger partial charge in [0.15, 0.2) is 23.0 Å². The number of nitrogens with zero attached hydrogens (tertiary/aromatic N) is 1. The van der Waals surface area contributed by atoms with Crippen LogP contribution < -0.4 is 10.1 Å². The quantitative estimate of drug-likeness (QED) is 0.758. The largest absolute Gasteiger partial charge is 0.494 e. The van der Waals surface area contributed by atoms with Crippen molar-refractivity contribution in [2.75, 3.05) is 7.11 Å². The van der Waals surface area contributed by atoms with Crippen LogP contribution in [0.25, 0.3) is 11.5 Å². The number of carbonyl (C=O) groups is 1. The minimum Gasteiger partial charge on any atom is -0.494 e. The molecule has 0 bridgehead atoms. The lowest BCUT2D eigenvalue weighted by atomic mass is 10.2. The molecular formula is C16H14FN3O3. The minimum atomic E-state index is -0.473. The van der Waals surface area contributed by atoms with Crippen LogP contribution in [0.4, 0.5) is 4.39 Å². The van der Waals surface area contributed by atoms with Crippen LogP contribution in [0, 0.1) is 5.82 Å². The summed E-state index contributed by atoms with van der Waals surface area (Å²) in [5, 5.41) is 9.35. The fourth-order valence-corrected chi connectivity index (χ4v) is 2.09. The maximum atomic E-state index is 13.6. The van der Waals surface area contributed by atoms with Gasteiger partial charge in [-0.3, -0.25) is 9.89 Å². The Balaban J connectivity index is 1.64. The van der Waals surface area contributed by atoms with Crippen molar-refractivity contribution in [2.45, 2.75) is 6.54 Å². The van der Waals surface area contributed by atoms with Crippen LogP contribution in [0.3, 0.4) is 0 Å². The van der Waals surface area contributed by atoms with Crippen LogP contribution >= 0.6 is 0 Å². The number of amides is 1. The van der Waals surface area contributed by atoms with E-state index in [9.17, 15) is 9.18 Å². The number of rotatable bonds is 5. The van der Waals surface area contributed by atoms with E-state index >= 15 is 0 Å². The number of aromatic nitrogens is 2. The molecule has 0 unspecified atom stereocenters. The number of hydrogen-bond acceptors (Lipinski definition) is 4. The second-order valence-corrected chi connectivity index (χ2v) is 4.80. The third kappa shape index (κ3) is 3.23. The van der Waals surface area contributed by atoms with Gasteiger partial charge in [-0.25, -0.2) is 4.39 Å². The highest BCUT2D eigenvalue weighted by atomic mass is 19.1. The maximum absolute atomic E-state index is 13.6. The molecule has 0 fully saturated rings. The predicted molar refractivity (Wildman–Crippen MR) is 80.4 cm³/mol. The lowest BCUT2D eigenvalue weighted by Crippen LogP contribution is -2.23. The number of halogens is 1. The van der Waals surface area contributed by atoms with Crippen molar-refractivity contribution in [2.24, 2.45) is 0 Å². The van der Waals surface area contributed by atoms with Crippen LogP contribution in [0.5, 0.6) is 5.75 Å². The van der Waals surface area contributed by atoms with Crippen LogP contribution in [-0.4, -0.2) is 23.2 Å². The zero-order chi connectivity index (χ0) is 16.2. The summed E-state index contributed by atoms with van der Waals surface area (Å²) in [7, 11) is 1.40. The molecule has 0 aliphatic carbocycles. The number of nitrogens with one attached hydrogen (secondary N) is 2. The molecule has 2 aromatic heterocycles. The lowest BCUT2D eigenvalue weighted by molar-refractivity contribution is 0.0946. The molecule has 0 atom stereocenters. The molecule has 7 heteroatoms. The smallest absolute Gasteiger partial charge is 0.272 e.